The largest absolute Gasteiger partial charge is 0.490 e. The lowest BCUT2D eigenvalue weighted by atomic mass is 10.1. The van der Waals surface area contributed by atoms with Gasteiger partial charge >= 0.3 is 0 Å². The highest BCUT2D eigenvalue weighted by Crippen LogP contribution is 2.30. The zero-order valence-corrected chi connectivity index (χ0v) is 19.2. The normalized spacial score (nSPS) is 13.5. The van der Waals surface area contributed by atoms with Gasteiger partial charge in [-0.2, -0.15) is 5.10 Å². The van der Waals surface area contributed by atoms with Crippen molar-refractivity contribution in [3.8, 4) is 11.4 Å². The van der Waals surface area contributed by atoms with Gasteiger partial charge in [-0.15, -0.1) is 0 Å². The molecule has 3 aromatic rings. The number of halogens is 2. The van der Waals surface area contributed by atoms with E-state index in [4.69, 9.17) is 4.74 Å². The molecular weight excluding hydrogens is 452 g/mol. The third-order valence-corrected chi connectivity index (χ3v) is 7.04. The molecule has 10 heteroatoms. The fraction of sp³-hybridized carbons (Fsp3) is 0.304. The molecule has 0 spiro atoms. The van der Waals surface area contributed by atoms with Gasteiger partial charge in [-0.05, 0) is 44.2 Å². The number of rotatable bonds is 6. The summed E-state index contributed by atoms with van der Waals surface area (Å²) in [5.74, 6) is -1.61. The van der Waals surface area contributed by atoms with Crippen LogP contribution in [0.25, 0.3) is 5.69 Å². The molecule has 1 aliphatic heterocycles. The minimum Gasteiger partial charge on any atom is -0.490 e. The lowest BCUT2D eigenvalue weighted by molar-refractivity contribution is 0.0742. The monoisotopic (exact) mass is 475 g/mol. The maximum Gasteiger partial charge on any atom is 0.258 e. The van der Waals surface area contributed by atoms with E-state index >= 15 is 0 Å². The Morgan fingerprint density at radius 1 is 1.15 bits per heavy atom. The summed E-state index contributed by atoms with van der Waals surface area (Å²) in [7, 11) is -3.51. The van der Waals surface area contributed by atoms with Crippen LogP contribution in [0.2, 0.25) is 0 Å². The summed E-state index contributed by atoms with van der Waals surface area (Å²) in [4.78, 5) is 14.9. The fourth-order valence-corrected chi connectivity index (χ4v) is 4.56. The molecule has 1 aromatic heterocycles. The third-order valence-electron chi connectivity index (χ3n) is 5.31. The Labute approximate surface area is 190 Å². The fourth-order valence-electron chi connectivity index (χ4n) is 3.65. The van der Waals surface area contributed by atoms with Gasteiger partial charge in [-0.1, -0.05) is 6.92 Å². The molecule has 0 radical (unpaired) electrons. The van der Waals surface area contributed by atoms with E-state index in [1.807, 2.05) is 13.8 Å². The molecule has 1 aliphatic rings. The third kappa shape index (κ3) is 4.47. The number of carbonyl (C=O) groups is 1. The average Bonchev–Trinajstić information content (AvgIpc) is 3.32. The number of fused-ring (bicyclic) bond motifs is 1. The summed E-state index contributed by atoms with van der Waals surface area (Å²) < 4.78 is 59.1. The van der Waals surface area contributed by atoms with Crippen LogP contribution in [0.3, 0.4) is 0 Å². The van der Waals surface area contributed by atoms with E-state index < -0.39 is 27.4 Å². The Morgan fingerprint density at radius 3 is 2.55 bits per heavy atom. The van der Waals surface area contributed by atoms with Gasteiger partial charge in [-0.3, -0.25) is 4.79 Å². The first-order valence-corrected chi connectivity index (χ1v) is 12.1. The molecule has 174 valence electrons. The number of carbonyl (C=O) groups excluding carboxylic acids is 1. The number of hydrogen-bond donors (Lipinski definition) is 0. The van der Waals surface area contributed by atoms with Gasteiger partial charge < -0.3 is 9.64 Å². The van der Waals surface area contributed by atoms with E-state index in [2.05, 4.69) is 5.10 Å². The van der Waals surface area contributed by atoms with Crippen LogP contribution in [0.4, 0.5) is 8.78 Å². The number of ether oxygens (including phenoxy) is 1. The van der Waals surface area contributed by atoms with Crippen LogP contribution in [0.1, 0.15) is 42.4 Å². The molecule has 1 amide bonds. The summed E-state index contributed by atoms with van der Waals surface area (Å²) in [5.41, 5.74) is 1.56. The van der Waals surface area contributed by atoms with Crippen molar-refractivity contribution in [3.05, 3.63) is 71.1 Å². The van der Waals surface area contributed by atoms with E-state index in [1.54, 1.807) is 6.20 Å². The first-order chi connectivity index (χ1) is 15.6. The topological polar surface area (TPSA) is 81.5 Å². The van der Waals surface area contributed by atoms with Crippen molar-refractivity contribution in [3.63, 3.8) is 0 Å². The van der Waals surface area contributed by atoms with Crippen LogP contribution in [0.5, 0.6) is 5.75 Å². The van der Waals surface area contributed by atoms with Gasteiger partial charge in [-0.25, -0.2) is 21.9 Å². The van der Waals surface area contributed by atoms with E-state index in [1.165, 1.54) is 40.8 Å². The van der Waals surface area contributed by atoms with E-state index in [-0.39, 0.29) is 41.1 Å². The Morgan fingerprint density at radius 2 is 1.91 bits per heavy atom. The van der Waals surface area contributed by atoms with E-state index in [9.17, 15) is 22.0 Å². The molecule has 0 aliphatic carbocycles. The molecule has 0 unspecified atom stereocenters. The SMILES string of the molecule is CCS(=O)(=O)c1ccc(OC(C)C)c(C(=O)N2Cc3cn(-c4ccc(F)cc4F)nc3C2)c1. The molecular formula is C23H23F2N3O4S. The highest BCUT2D eigenvalue weighted by atomic mass is 32.2. The van der Waals surface area contributed by atoms with Crippen molar-refractivity contribution < 1.29 is 26.7 Å². The second kappa shape index (κ2) is 8.58. The van der Waals surface area contributed by atoms with Crippen LogP contribution in [-0.2, 0) is 22.9 Å². The van der Waals surface area contributed by atoms with Crippen LogP contribution in [0.15, 0.2) is 47.5 Å². The Kier molecular flexibility index (Phi) is 5.96. The number of benzene rings is 2. The second-order valence-electron chi connectivity index (χ2n) is 8.03. The van der Waals surface area contributed by atoms with Crippen LogP contribution >= 0.6 is 0 Å². The lowest BCUT2D eigenvalue weighted by Gasteiger charge is -2.20. The van der Waals surface area contributed by atoms with E-state index in [0.717, 1.165) is 17.7 Å². The Bertz CT molecular complexity index is 1310. The van der Waals surface area contributed by atoms with Gasteiger partial charge in [0.1, 0.15) is 17.3 Å². The molecule has 0 N–H and O–H groups in total. The van der Waals surface area contributed by atoms with Crippen molar-refractivity contribution in [1.29, 1.82) is 0 Å². The lowest BCUT2D eigenvalue weighted by Crippen LogP contribution is -2.27. The molecule has 2 heterocycles. The maximum atomic E-state index is 14.1. The van der Waals surface area contributed by atoms with Gasteiger partial charge in [0.15, 0.2) is 15.7 Å². The van der Waals surface area contributed by atoms with Crippen molar-refractivity contribution >= 4 is 15.7 Å². The predicted molar refractivity (Wildman–Crippen MR) is 117 cm³/mol. The molecule has 0 bridgehead atoms. The summed E-state index contributed by atoms with van der Waals surface area (Å²) in [6, 6.07) is 7.52. The molecule has 7 nitrogen and oxygen atoms in total. The number of hydrogen-bond acceptors (Lipinski definition) is 5. The van der Waals surface area contributed by atoms with Crippen LogP contribution < -0.4 is 4.74 Å². The first-order valence-electron chi connectivity index (χ1n) is 10.4. The first kappa shape index (κ1) is 22.9. The molecule has 4 rings (SSSR count). The summed E-state index contributed by atoms with van der Waals surface area (Å²) in [5, 5.41) is 4.35. The smallest absolute Gasteiger partial charge is 0.258 e. The molecule has 2 aromatic carbocycles. The van der Waals surface area contributed by atoms with Gasteiger partial charge in [0.05, 0.1) is 34.6 Å². The zero-order valence-electron chi connectivity index (χ0n) is 18.4. The van der Waals surface area contributed by atoms with Crippen molar-refractivity contribution in [2.45, 2.75) is 44.9 Å². The minimum atomic E-state index is -3.51. The minimum absolute atomic E-state index is 0.0540. The highest BCUT2D eigenvalue weighted by molar-refractivity contribution is 7.91. The van der Waals surface area contributed by atoms with Crippen molar-refractivity contribution in [1.82, 2.24) is 14.7 Å². The predicted octanol–water partition coefficient (Wildman–Crippen LogP) is 3.89. The number of sulfone groups is 1. The summed E-state index contributed by atoms with van der Waals surface area (Å²) in [6.07, 6.45) is 1.39. The standard InChI is InChI=1S/C23H23F2N3O4S/c1-4-33(30,31)17-6-8-22(32-14(2)3)18(10-17)23(29)27-11-15-12-28(26-20(15)13-27)21-7-5-16(24)9-19(21)25/h5-10,12,14H,4,11,13H2,1-3H3. The number of amides is 1. The van der Waals surface area contributed by atoms with E-state index in [0.29, 0.717) is 11.4 Å². The molecule has 0 saturated heterocycles. The van der Waals surface area contributed by atoms with Gasteiger partial charge in [0.25, 0.3) is 5.91 Å². The average molecular weight is 476 g/mol. The Balaban J connectivity index is 1.62. The van der Waals surface area contributed by atoms with Crippen molar-refractivity contribution in [2.24, 2.45) is 0 Å². The molecule has 33 heavy (non-hydrogen) atoms. The quantitative estimate of drug-likeness (QED) is 0.540. The summed E-state index contributed by atoms with van der Waals surface area (Å²) >= 11 is 0. The molecule has 0 fully saturated rings. The zero-order chi connectivity index (χ0) is 23.9. The Hall–Kier alpha value is -3.27. The maximum absolute atomic E-state index is 14.1. The summed E-state index contributed by atoms with van der Waals surface area (Å²) in [6.45, 7) is 5.54. The number of nitrogens with zero attached hydrogens (tertiary/aromatic N) is 3. The van der Waals surface area contributed by atoms with Crippen LogP contribution in [-0.4, -0.2) is 40.9 Å². The molecule has 0 saturated carbocycles. The molecule has 0 atom stereocenters. The van der Waals surface area contributed by atoms with Gasteiger partial charge in [0, 0.05) is 24.4 Å². The van der Waals surface area contributed by atoms with Crippen LogP contribution in [0, 0.1) is 11.6 Å². The number of aromatic nitrogens is 2. The van der Waals surface area contributed by atoms with Crippen molar-refractivity contribution in [2.75, 3.05) is 5.75 Å². The second-order valence-corrected chi connectivity index (χ2v) is 10.3. The van der Waals surface area contributed by atoms with Gasteiger partial charge in [0.2, 0.25) is 0 Å². The highest BCUT2D eigenvalue weighted by Gasteiger charge is 2.30.